The van der Waals surface area contributed by atoms with Crippen molar-refractivity contribution in [2.75, 3.05) is 20.3 Å². The molecule has 1 aliphatic heterocycles. The highest BCUT2D eigenvalue weighted by molar-refractivity contribution is 6.27. The van der Waals surface area contributed by atoms with Crippen molar-refractivity contribution in [2.24, 2.45) is 16.5 Å². The Bertz CT molecular complexity index is 538. The quantitative estimate of drug-likeness (QED) is 0.769. The van der Waals surface area contributed by atoms with Gasteiger partial charge in [-0.2, -0.15) is 0 Å². The molecule has 0 aromatic carbocycles. The van der Waals surface area contributed by atoms with E-state index in [1.807, 2.05) is 0 Å². The maximum Gasteiger partial charge on any atom is 0.267 e. The number of halogens is 4. The predicted octanol–water partition coefficient (Wildman–Crippen LogP) is 1.43. The number of hydrogen-bond donors (Lipinski definition) is 2. The van der Waals surface area contributed by atoms with Gasteiger partial charge in [-0.05, 0) is 0 Å². The van der Waals surface area contributed by atoms with Gasteiger partial charge in [0.15, 0.2) is 17.1 Å². The largest absolute Gasteiger partial charge is 0.494 e. The molecule has 2 rings (SSSR count). The van der Waals surface area contributed by atoms with E-state index >= 15 is 0 Å². The Kier molecular flexibility index (Phi) is 4.12. The van der Waals surface area contributed by atoms with Crippen LogP contribution in [0.3, 0.4) is 0 Å². The lowest BCUT2D eigenvalue weighted by Crippen LogP contribution is -2.61. The van der Waals surface area contributed by atoms with Crippen LogP contribution in [-0.4, -0.2) is 43.0 Å². The second-order valence-electron chi connectivity index (χ2n) is 4.90. The van der Waals surface area contributed by atoms with Crippen LogP contribution >= 0.6 is 11.6 Å². The van der Waals surface area contributed by atoms with E-state index in [0.717, 1.165) is 0 Å². The molecule has 1 aliphatic carbocycles. The minimum atomic E-state index is -3.11. The summed E-state index contributed by atoms with van der Waals surface area (Å²) < 4.78 is 51.8. The zero-order valence-corrected chi connectivity index (χ0v) is 12.0. The first-order valence-electron chi connectivity index (χ1n) is 6.06. The van der Waals surface area contributed by atoms with Crippen LogP contribution in [0.25, 0.3) is 0 Å². The molecule has 0 saturated heterocycles. The molecule has 0 amide bonds. The third-order valence-corrected chi connectivity index (χ3v) is 4.14. The zero-order valence-electron chi connectivity index (χ0n) is 11.2. The third kappa shape index (κ3) is 2.36. The van der Waals surface area contributed by atoms with Crippen molar-refractivity contribution in [1.82, 2.24) is 0 Å². The zero-order chi connectivity index (χ0) is 15.8. The average Bonchev–Trinajstić information content (AvgIpc) is 2.42. The van der Waals surface area contributed by atoms with Crippen molar-refractivity contribution in [2.45, 2.75) is 23.3 Å². The van der Waals surface area contributed by atoms with E-state index in [1.165, 1.54) is 13.2 Å². The smallest absolute Gasteiger partial charge is 0.267 e. The van der Waals surface area contributed by atoms with Gasteiger partial charge in [-0.25, -0.2) is 13.2 Å². The summed E-state index contributed by atoms with van der Waals surface area (Å²) in [5.41, 5.74) is 8.88. The number of rotatable bonds is 3. The molecule has 118 valence electrons. The van der Waals surface area contributed by atoms with E-state index in [9.17, 15) is 13.2 Å². The number of allylic oxidation sites excluding steroid dienone is 2. The Morgan fingerprint density at radius 3 is 2.67 bits per heavy atom. The van der Waals surface area contributed by atoms with Gasteiger partial charge in [0.1, 0.15) is 17.3 Å². The van der Waals surface area contributed by atoms with Gasteiger partial charge >= 0.3 is 0 Å². The Labute approximate surface area is 124 Å². The summed E-state index contributed by atoms with van der Waals surface area (Å²) >= 11 is 6.23. The molecule has 0 bridgehead atoms. The summed E-state index contributed by atoms with van der Waals surface area (Å²) in [6.07, 6.45) is -2.27. The predicted molar refractivity (Wildman–Crippen MR) is 71.8 cm³/mol. The highest BCUT2D eigenvalue weighted by Gasteiger charge is 2.63. The van der Waals surface area contributed by atoms with Crippen molar-refractivity contribution in [1.29, 1.82) is 0 Å². The van der Waals surface area contributed by atoms with Crippen LogP contribution in [0.5, 0.6) is 0 Å². The SMILES string of the molecule is COC1=C(F)C(Cl)(C2(C(F)F)COCC(N)=N2)CC(N)=C1. The normalized spacial score (nSPS) is 33.8. The molecule has 2 unspecified atom stereocenters. The van der Waals surface area contributed by atoms with Crippen molar-refractivity contribution in [3.8, 4) is 0 Å². The van der Waals surface area contributed by atoms with Gasteiger partial charge in [0.2, 0.25) is 0 Å². The van der Waals surface area contributed by atoms with Gasteiger partial charge in [-0.3, -0.25) is 4.99 Å². The van der Waals surface area contributed by atoms with Crippen molar-refractivity contribution in [3.63, 3.8) is 0 Å². The first-order valence-corrected chi connectivity index (χ1v) is 6.44. The Morgan fingerprint density at radius 1 is 1.48 bits per heavy atom. The molecule has 0 aromatic rings. The monoisotopic (exact) mass is 325 g/mol. The second kappa shape index (κ2) is 5.42. The average molecular weight is 326 g/mol. The van der Waals surface area contributed by atoms with E-state index < -0.39 is 29.3 Å². The second-order valence-corrected chi connectivity index (χ2v) is 5.55. The van der Waals surface area contributed by atoms with Gasteiger partial charge in [0.05, 0.1) is 13.7 Å². The van der Waals surface area contributed by atoms with E-state index in [1.54, 1.807) is 0 Å². The summed E-state index contributed by atoms with van der Waals surface area (Å²) in [5, 5.41) is 0. The molecular formula is C12H15ClF3N3O2. The maximum atomic E-state index is 14.6. The van der Waals surface area contributed by atoms with Gasteiger partial charge in [0.25, 0.3) is 6.43 Å². The van der Waals surface area contributed by atoms with Gasteiger partial charge in [-0.15, -0.1) is 11.6 Å². The fraction of sp³-hybridized carbons (Fsp3) is 0.583. The Hall–Kier alpha value is -1.41. The summed E-state index contributed by atoms with van der Waals surface area (Å²) in [4.78, 5) is 1.51. The number of aliphatic imine (C=N–C) groups is 1. The van der Waals surface area contributed by atoms with Crippen LogP contribution in [0.15, 0.2) is 28.4 Å². The Morgan fingerprint density at radius 2 is 2.14 bits per heavy atom. The van der Waals surface area contributed by atoms with Crippen LogP contribution in [0.4, 0.5) is 13.2 Å². The maximum absolute atomic E-state index is 14.6. The molecule has 0 radical (unpaired) electrons. The summed E-state index contributed by atoms with van der Waals surface area (Å²) in [7, 11) is 1.19. The van der Waals surface area contributed by atoms with E-state index in [0.29, 0.717) is 0 Å². The van der Waals surface area contributed by atoms with Gasteiger partial charge in [-0.1, -0.05) is 0 Å². The highest BCUT2D eigenvalue weighted by atomic mass is 35.5. The fourth-order valence-electron chi connectivity index (χ4n) is 2.45. The molecule has 9 heteroatoms. The minimum absolute atomic E-state index is 0.0996. The van der Waals surface area contributed by atoms with E-state index in [2.05, 4.69) is 4.99 Å². The number of nitrogens with zero attached hydrogens (tertiary/aromatic N) is 1. The topological polar surface area (TPSA) is 82.9 Å². The number of alkyl halides is 3. The molecule has 21 heavy (non-hydrogen) atoms. The molecular weight excluding hydrogens is 311 g/mol. The Balaban J connectivity index is 2.62. The molecule has 5 nitrogen and oxygen atoms in total. The van der Waals surface area contributed by atoms with E-state index in [4.69, 9.17) is 32.5 Å². The lowest BCUT2D eigenvalue weighted by molar-refractivity contribution is -0.0310. The number of hydrogen-bond acceptors (Lipinski definition) is 5. The van der Waals surface area contributed by atoms with Crippen molar-refractivity contribution >= 4 is 17.4 Å². The summed E-state index contributed by atoms with van der Waals surface area (Å²) in [6.45, 7) is -0.693. The van der Waals surface area contributed by atoms with E-state index in [-0.39, 0.29) is 30.3 Å². The summed E-state index contributed by atoms with van der Waals surface area (Å²) in [6, 6.07) is 0. The van der Waals surface area contributed by atoms with Crippen LogP contribution < -0.4 is 11.5 Å². The highest BCUT2D eigenvalue weighted by Crippen LogP contribution is 2.51. The fourth-order valence-corrected chi connectivity index (χ4v) is 2.88. The molecule has 4 N–H and O–H groups in total. The third-order valence-electron chi connectivity index (χ3n) is 3.51. The number of nitrogens with two attached hydrogens (primary N) is 2. The van der Waals surface area contributed by atoms with Crippen molar-refractivity contribution < 1.29 is 22.6 Å². The first kappa shape index (κ1) is 16.0. The number of amidine groups is 1. The van der Waals surface area contributed by atoms with Crippen LogP contribution in [0.1, 0.15) is 6.42 Å². The van der Waals surface area contributed by atoms with Gasteiger partial charge < -0.3 is 20.9 Å². The molecule has 2 atom stereocenters. The number of ether oxygens (including phenoxy) is 2. The van der Waals surface area contributed by atoms with Crippen molar-refractivity contribution in [3.05, 3.63) is 23.4 Å². The van der Waals surface area contributed by atoms with Crippen LogP contribution in [0.2, 0.25) is 0 Å². The molecule has 0 aromatic heterocycles. The molecule has 1 heterocycles. The first-order chi connectivity index (χ1) is 9.76. The van der Waals surface area contributed by atoms with Crippen LogP contribution in [0, 0.1) is 0 Å². The number of methoxy groups -OCH3 is 1. The standard InChI is InChI=1S/C12H15ClF3N3O2/c1-20-7-2-6(17)3-11(13,9(7)14)12(10(15)16)5-21-4-8(18)19-12/h2,10H,3-5,17H2,1H3,(H2,18,19). The lowest BCUT2D eigenvalue weighted by Gasteiger charge is -2.45. The van der Waals surface area contributed by atoms with Gasteiger partial charge in [0, 0.05) is 18.2 Å². The summed E-state index contributed by atoms with van der Waals surface area (Å²) in [5.74, 6) is -1.56. The minimum Gasteiger partial charge on any atom is -0.494 e. The molecule has 0 saturated carbocycles. The molecule has 0 spiro atoms. The van der Waals surface area contributed by atoms with Crippen LogP contribution in [-0.2, 0) is 9.47 Å². The lowest BCUT2D eigenvalue weighted by atomic mass is 9.77. The molecule has 0 fully saturated rings. The molecule has 2 aliphatic rings.